The number of para-hydroxylation sites is 1. The van der Waals surface area contributed by atoms with Crippen LogP contribution in [0.25, 0.3) is 0 Å². The highest BCUT2D eigenvalue weighted by atomic mass is 16.5. The molecule has 0 aliphatic heterocycles. The van der Waals surface area contributed by atoms with Crippen LogP contribution in [0.5, 0.6) is 0 Å². The van der Waals surface area contributed by atoms with Gasteiger partial charge in [0.15, 0.2) is 0 Å². The molecule has 1 aliphatic rings. The summed E-state index contributed by atoms with van der Waals surface area (Å²) in [7, 11) is 1.69. The lowest BCUT2D eigenvalue weighted by molar-refractivity contribution is -0.129. The lowest BCUT2D eigenvalue weighted by Gasteiger charge is -2.39. The van der Waals surface area contributed by atoms with Crippen LogP contribution in [0.3, 0.4) is 0 Å². The van der Waals surface area contributed by atoms with Crippen molar-refractivity contribution < 1.29 is 9.53 Å². The summed E-state index contributed by atoms with van der Waals surface area (Å²) in [4.78, 5) is 11.8. The minimum absolute atomic E-state index is 0.0350. The van der Waals surface area contributed by atoms with Crippen molar-refractivity contribution in [2.45, 2.75) is 31.3 Å². The Morgan fingerprint density at radius 2 is 2.06 bits per heavy atom. The summed E-state index contributed by atoms with van der Waals surface area (Å²) in [5.41, 5.74) is 0.650. The first kappa shape index (κ1) is 11.1. The van der Waals surface area contributed by atoms with E-state index in [1.165, 1.54) is 0 Å². The van der Waals surface area contributed by atoms with E-state index in [4.69, 9.17) is 4.74 Å². The van der Waals surface area contributed by atoms with E-state index in [-0.39, 0.29) is 11.5 Å². The van der Waals surface area contributed by atoms with Gasteiger partial charge in [-0.1, -0.05) is 18.2 Å². The molecule has 2 rings (SSSR count). The minimum atomic E-state index is -0.196. The third kappa shape index (κ3) is 2.42. The molecule has 1 aromatic rings. The molecular weight excluding hydrogens is 202 g/mol. The van der Waals surface area contributed by atoms with Crippen molar-refractivity contribution in [3.63, 3.8) is 0 Å². The SMILES string of the molecule is COC1(CC(=O)Nc2ccccc2)CCC1. The number of carbonyl (C=O) groups excluding carboxylic acids is 1. The van der Waals surface area contributed by atoms with Crippen LogP contribution in [-0.2, 0) is 9.53 Å². The summed E-state index contributed by atoms with van der Waals surface area (Å²) in [5, 5.41) is 2.88. The Morgan fingerprint density at radius 3 is 2.56 bits per heavy atom. The molecule has 0 radical (unpaired) electrons. The standard InChI is InChI=1S/C13H17NO2/c1-16-13(8-5-9-13)10-12(15)14-11-6-3-2-4-7-11/h2-4,6-7H,5,8-10H2,1H3,(H,14,15). The number of nitrogens with one attached hydrogen (secondary N) is 1. The highest BCUT2D eigenvalue weighted by molar-refractivity contribution is 5.91. The number of carbonyl (C=O) groups is 1. The molecule has 0 aromatic heterocycles. The number of hydrogen-bond donors (Lipinski definition) is 1. The largest absolute Gasteiger partial charge is 0.378 e. The molecule has 0 bridgehead atoms. The van der Waals surface area contributed by atoms with Gasteiger partial charge in [0.1, 0.15) is 0 Å². The quantitative estimate of drug-likeness (QED) is 0.845. The van der Waals surface area contributed by atoms with Gasteiger partial charge in [0.05, 0.1) is 12.0 Å². The third-order valence-electron chi connectivity index (χ3n) is 3.24. The van der Waals surface area contributed by atoms with E-state index in [2.05, 4.69) is 5.32 Å². The number of ether oxygens (including phenoxy) is 1. The zero-order chi connectivity index (χ0) is 11.4. The fourth-order valence-corrected chi connectivity index (χ4v) is 2.04. The van der Waals surface area contributed by atoms with E-state index in [1.54, 1.807) is 7.11 Å². The number of rotatable bonds is 4. The molecule has 1 amide bonds. The molecule has 16 heavy (non-hydrogen) atoms. The van der Waals surface area contributed by atoms with Crippen LogP contribution in [0.15, 0.2) is 30.3 Å². The monoisotopic (exact) mass is 219 g/mol. The number of methoxy groups -OCH3 is 1. The summed E-state index contributed by atoms with van der Waals surface area (Å²) in [5.74, 6) is 0.0350. The number of amides is 1. The average molecular weight is 219 g/mol. The van der Waals surface area contributed by atoms with Crippen molar-refractivity contribution in [2.24, 2.45) is 0 Å². The molecular formula is C13H17NO2. The minimum Gasteiger partial charge on any atom is -0.378 e. The van der Waals surface area contributed by atoms with Crippen LogP contribution in [0.1, 0.15) is 25.7 Å². The summed E-state index contributed by atoms with van der Waals surface area (Å²) in [6.07, 6.45) is 3.60. The van der Waals surface area contributed by atoms with Crippen LogP contribution >= 0.6 is 0 Å². The molecule has 1 fully saturated rings. The lowest BCUT2D eigenvalue weighted by Crippen LogP contribution is -2.42. The van der Waals surface area contributed by atoms with E-state index in [9.17, 15) is 4.79 Å². The van der Waals surface area contributed by atoms with Gasteiger partial charge < -0.3 is 10.1 Å². The maximum absolute atomic E-state index is 11.8. The molecule has 1 saturated carbocycles. The van der Waals surface area contributed by atoms with Crippen LogP contribution < -0.4 is 5.32 Å². The van der Waals surface area contributed by atoms with Crippen LogP contribution in [-0.4, -0.2) is 18.6 Å². The topological polar surface area (TPSA) is 38.3 Å². The Labute approximate surface area is 95.8 Å². The van der Waals surface area contributed by atoms with E-state index in [0.29, 0.717) is 6.42 Å². The van der Waals surface area contributed by atoms with Crippen molar-refractivity contribution >= 4 is 11.6 Å². The van der Waals surface area contributed by atoms with Gasteiger partial charge in [-0.15, -0.1) is 0 Å². The first-order valence-corrected chi connectivity index (χ1v) is 5.64. The predicted molar refractivity (Wildman–Crippen MR) is 63.3 cm³/mol. The van der Waals surface area contributed by atoms with Gasteiger partial charge in [0.25, 0.3) is 0 Å². The molecule has 0 saturated heterocycles. The molecule has 86 valence electrons. The molecule has 0 atom stereocenters. The van der Waals surface area contributed by atoms with E-state index in [0.717, 1.165) is 24.9 Å². The molecule has 0 heterocycles. The summed E-state index contributed by atoms with van der Waals surface area (Å²) in [6.45, 7) is 0. The zero-order valence-electron chi connectivity index (χ0n) is 9.53. The summed E-state index contributed by atoms with van der Waals surface area (Å²) < 4.78 is 5.42. The van der Waals surface area contributed by atoms with Gasteiger partial charge in [-0.05, 0) is 31.4 Å². The molecule has 1 aliphatic carbocycles. The molecule has 3 heteroatoms. The van der Waals surface area contributed by atoms with Crippen molar-refractivity contribution in [1.82, 2.24) is 0 Å². The number of hydrogen-bond acceptors (Lipinski definition) is 2. The van der Waals surface area contributed by atoms with Crippen LogP contribution in [0.2, 0.25) is 0 Å². The van der Waals surface area contributed by atoms with E-state index in [1.807, 2.05) is 30.3 Å². The van der Waals surface area contributed by atoms with Crippen LogP contribution in [0.4, 0.5) is 5.69 Å². The van der Waals surface area contributed by atoms with Gasteiger partial charge in [0.2, 0.25) is 5.91 Å². The second-order valence-electron chi connectivity index (χ2n) is 4.33. The number of benzene rings is 1. The molecule has 1 N–H and O–H groups in total. The van der Waals surface area contributed by atoms with Crippen molar-refractivity contribution in [1.29, 1.82) is 0 Å². The first-order valence-electron chi connectivity index (χ1n) is 5.64. The highest BCUT2D eigenvalue weighted by Crippen LogP contribution is 2.38. The van der Waals surface area contributed by atoms with Crippen LogP contribution in [0, 0.1) is 0 Å². The molecule has 0 spiro atoms. The zero-order valence-corrected chi connectivity index (χ0v) is 9.53. The number of anilines is 1. The smallest absolute Gasteiger partial charge is 0.227 e. The summed E-state index contributed by atoms with van der Waals surface area (Å²) >= 11 is 0. The van der Waals surface area contributed by atoms with Crippen molar-refractivity contribution in [2.75, 3.05) is 12.4 Å². The highest BCUT2D eigenvalue weighted by Gasteiger charge is 2.38. The normalized spacial score (nSPS) is 17.6. The Balaban J connectivity index is 1.89. The predicted octanol–water partition coefficient (Wildman–Crippen LogP) is 2.58. The van der Waals surface area contributed by atoms with Crippen molar-refractivity contribution in [3.8, 4) is 0 Å². The van der Waals surface area contributed by atoms with Gasteiger partial charge in [-0.2, -0.15) is 0 Å². The fourth-order valence-electron chi connectivity index (χ4n) is 2.04. The molecule has 0 unspecified atom stereocenters. The van der Waals surface area contributed by atoms with Crippen molar-refractivity contribution in [3.05, 3.63) is 30.3 Å². The lowest BCUT2D eigenvalue weighted by atomic mass is 9.77. The van der Waals surface area contributed by atoms with Gasteiger partial charge in [-0.25, -0.2) is 0 Å². The summed E-state index contributed by atoms with van der Waals surface area (Å²) in [6, 6.07) is 9.52. The van der Waals surface area contributed by atoms with Gasteiger partial charge in [0, 0.05) is 12.8 Å². The Hall–Kier alpha value is -1.35. The Kier molecular flexibility index (Phi) is 3.25. The van der Waals surface area contributed by atoms with E-state index < -0.39 is 0 Å². The third-order valence-corrected chi connectivity index (χ3v) is 3.24. The maximum Gasteiger partial charge on any atom is 0.227 e. The average Bonchev–Trinajstić information content (AvgIpc) is 2.25. The van der Waals surface area contributed by atoms with Gasteiger partial charge in [-0.3, -0.25) is 4.79 Å². The second kappa shape index (κ2) is 4.66. The Morgan fingerprint density at radius 1 is 1.38 bits per heavy atom. The molecule has 3 nitrogen and oxygen atoms in total. The first-order chi connectivity index (χ1) is 7.74. The van der Waals surface area contributed by atoms with E-state index >= 15 is 0 Å². The molecule has 1 aromatic carbocycles. The van der Waals surface area contributed by atoms with Gasteiger partial charge >= 0.3 is 0 Å². The fraction of sp³-hybridized carbons (Fsp3) is 0.462. The maximum atomic E-state index is 11.8. The Bertz CT molecular complexity index is 352. The second-order valence-corrected chi connectivity index (χ2v) is 4.33.